The van der Waals surface area contributed by atoms with Crippen molar-refractivity contribution in [3.05, 3.63) is 30.2 Å². The molecule has 0 saturated carbocycles. The molecule has 4 heterocycles. The first kappa shape index (κ1) is 13.0. The first-order chi connectivity index (χ1) is 10.8. The number of piperidine rings is 1. The number of nitrogens with zero attached hydrogens (tertiary/aromatic N) is 3. The molecule has 0 aliphatic carbocycles. The Hall–Kier alpha value is -2.65. The van der Waals surface area contributed by atoms with Crippen molar-refractivity contribution in [1.82, 2.24) is 20.3 Å². The molecule has 0 radical (unpaired) electrons. The second kappa shape index (κ2) is 5.28. The van der Waals surface area contributed by atoms with Crippen LogP contribution >= 0.6 is 0 Å². The minimum Gasteiger partial charge on any atom is -0.489 e. The van der Waals surface area contributed by atoms with E-state index in [2.05, 4.69) is 26.3 Å². The molecule has 3 aromatic heterocycles. The smallest absolute Gasteiger partial charge is 0.141 e. The molecule has 0 bridgehead atoms. The summed E-state index contributed by atoms with van der Waals surface area (Å²) in [5.74, 6) is 0.774. The van der Waals surface area contributed by atoms with Gasteiger partial charge >= 0.3 is 0 Å². The molecule has 3 aromatic rings. The van der Waals surface area contributed by atoms with E-state index in [-0.39, 0.29) is 6.10 Å². The van der Waals surface area contributed by atoms with Gasteiger partial charge in [-0.3, -0.25) is 0 Å². The van der Waals surface area contributed by atoms with Crippen molar-refractivity contribution < 1.29 is 4.74 Å². The number of hydrogen-bond acceptors (Lipinski definition) is 5. The molecule has 6 heteroatoms. The fourth-order valence-corrected chi connectivity index (χ4v) is 2.89. The summed E-state index contributed by atoms with van der Waals surface area (Å²) in [5.41, 5.74) is 2.06. The van der Waals surface area contributed by atoms with Gasteiger partial charge in [-0.1, -0.05) is 0 Å². The van der Waals surface area contributed by atoms with Crippen LogP contribution in [0.5, 0.6) is 5.75 Å². The van der Waals surface area contributed by atoms with Crippen LogP contribution in [0.25, 0.3) is 21.9 Å². The number of H-pyrrole nitrogens is 1. The number of rotatable bonds is 2. The highest BCUT2D eigenvalue weighted by Gasteiger charge is 2.15. The Morgan fingerprint density at radius 3 is 2.82 bits per heavy atom. The van der Waals surface area contributed by atoms with E-state index in [4.69, 9.17) is 10.00 Å². The topological polar surface area (TPSA) is 86.6 Å². The Kier molecular flexibility index (Phi) is 3.13. The highest BCUT2D eigenvalue weighted by atomic mass is 16.5. The molecule has 22 heavy (non-hydrogen) atoms. The van der Waals surface area contributed by atoms with Gasteiger partial charge in [0.25, 0.3) is 0 Å². The molecule has 1 aliphatic heterocycles. The zero-order chi connectivity index (χ0) is 14.9. The lowest BCUT2D eigenvalue weighted by Gasteiger charge is -2.23. The van der Waals surface area contributed by atoms with Gasteiger partial charge < -0.3 is 15.0 Å². The average molecular weight is 293 g/mol. The van der Waals surface area contributed by atoms with E-state index < -0.39 is 0 Å². The lowest BCUT2D eigenvalue weighted by molar-refractivity contribution is 0.162. The van der Waals surface area contributed by atoms with Crippen LogP contribution in [0.4, 0.5) is 0 Å². The summed E-state index contributed by atoms with van der Waals surface area (Å²) in [5, 5.41) is 14.2. The molecule has 110 valence electrons. The van der Waals surface area contributed by atoms with Gasteiger partial charge in [0, 0.05) is 10.8 Å². The summed E-state index contributed by atoms with van der Waals surface area (Å²) in [6, 6.07) is 5.84. The van der Waals surface area contributed by atoms with E-state index in [1.54, 1.807) is 18.5 Å². The van der Waals surface area contributed by atoms with E-state index in [9.17, 15) is 0 Å². The minimum atomic E-state index is 0.238. The zero-order valence-corrected chi connectivity index (χ0v) is 12.0. The Labute approximate surface area is 127 Å². The van der Waals surface area contributed by atoms with Gasteiger partial charge in [-0.05, 0) is 38.1 Å². The van der Waals surface area contributed by atoms with Crippen molar-refractivity contribution in [3.63, 3.8) is 0 Å². The van der Waals surface area contributed by atoms with Crippen molar-refractivity contribution in [2.24, 2.45) is 0 Å². The molecule has 0 atom stereocenters. The second-order valence-corrected chi connectivity index (χ2v) is 5.49. The van der Waals surface area contributed by atoms with E-state index in [1.165, 1.54) is 0 Å². The van der Waals surface area contributed by atoms with E-state index >= 15 is 0 Å². The normalized spacial score (nSPS) is 16.0. The minimum absolute atomic E-state index is 0.238. The van der Waals surface area contributed by atoms with E-state index in [0.717, 1.165) is 53.6 Å². The van der Waals surface area contributed by atoms with Crippen LogP contribution in [0.2, 0.25) is 0 Å². The zero-order valence-electron chi connectivity index (χ0n) is 12.0. The molecule has 2 N–H and O–H groups in total. The number of ether oxygens (including phenoxy) is 1. The largest absolute Gasteiger partial charge is 0.489 e. The fraction of sp³-hybridized carbons (Fsp3) is 0.312. The number of nitriles is 1. The van der Waals surface area contributed by atoms with Gasteiger partial charge in [0.1, 0.15) is 29.3 Å². The molecular formula is C16H15N5O. The maximum absolute atomic E-state index is 9.01. The van der Waals surface area contributed by atoms with Crippen molar-refractivity contribution in [2.45, 2.75) is 18.9 Å². The Morgan fingerprint density at radius 1 is 1.14 bits per heavy atom. The Balaban J connectivity index is 1.75. The third-order valence-corrected chi connectivity index (χ3v) is 4.01. The molecule has 0 spiro atoms. The lowest BCUT2D eigenvalue weighted by atomic mass is 10.1. The molecular weight excluding hydrogens is 278 g/mol. The van der Waals surface area contributed by atoms with Gasteiger partial charge in [-0.15, -0.1) is 0 Å². The molecule has 1 aliphatic rings. The number of fused-ring (bicyclic) bond motifs is 3. The highest BCUT2D eigenvalue weighted by Crippen LogP contribution is 2.28. The standard InChI is InChI=1S/C16H15N5O/c17-7-10-5-13-14-6-12(22-11-1-3-18-4-2-11)8-20-16(14)21-15(13)9-19-10/h5-6,8-9,11,18H,1-4H2,(H,20,21). The molecule has 1 saturated heterocycles. The van der Waals surface area contributed by atoms with E-state index in [0.29, 0.717) is 5.69 Å². The summed E-state index contributed by atoms with van der Waals surface area (Å²) >= 11 is 0. The maximum atomic E-state index is 9.01. The average Bonchev–Trinajstić information content (AvgIpc) is 2.93. The van der Waals surface area contributed by atoms with E-state index in [1.807, 2.05) is 6.07 Å². The van der Waals surface area contributed by atoms with Crippen LogP contribution in [0.3, 0.4) is 0 Å². The molecule has 0 amide bonds. The summed E-state index contributed by atoms with van der Waals surface area (Å²) in [4.78, 5) is 11.7. The van der Waals surface area contributed by atoms with Crippen LogP contribution in [-0.2, 0) is 0 Å². The summed E-state index contributed by atoms with van der Waals surface area (Å²) in [6.07, 6.45) is 5.67. The fourth-order valence-electron chi connectivity index (χ4n) is 2.89. The highest BCUT2D eigenvalue weighted by molar-refractivity contribution is 6.06. The SMILES string of the molecule is N#Cc1cc2c(cn1)[nH]c1ncc(OC3CCNCC3)cc12. The molecule has 1 fully saturated rings. The van der Waals surface area contributed by atoms with Crippen molar-refractivity contribution in [3.8, 4) is 11.8 Å². The van der Waals surface area contributed by atoms with Gasteiger partial charge in [0.15, 0.2) is 0 Å². The first-order valence-corrected chi connectivity index (χ1v) is 7.38. The Bertz CT molecular complexity index is 873. The third kappa shape index (κ3) is 2.26. The monoisotopic (exact) mass is 293 g/mol. The van der Waals surface area contributed by atoms with Crippen LogP contribution in [0.15, 0.2) is 24.5 Å². The second-order valence-electron chi connectivity index (χ2n) is 5.49. The number of aromatic nitrogens is 3. The first-order valence-electron chi connectivity index (χ1n) is 7.38. The van der Waals surface area contributed by atoms with Crippen LogP contribution in [0.1, 0.15) is 18.5 Å². The molecule has 0 unspecified atom stereocenters. The predicted molar refractivity (Wildman–Crippen MR) is 82.6 cm³/mol. The number of pyridine rings is 2. The number of aromatic amines is 1. The lowest BCUT2D eigenvalue weighted by Crippen LogP contribution is -2.34. The van der Waals surface area contributed by atoms with Gasteiger partial charge in [-0.25, -0.2) is 9.97 Å². The quantitative estimate of drug-likeness (QED) is 0.755. The summed E-state index contributed by atoms with van der Waals surface area (Å²) < 4.78 is 6.04. The molecule has 4 rings (SSSR count). The molecule has 0 aromatic carbocycles. The van der Waals surface area contributed by atoms with Crippen LogP contribution < -0.4 is 10.1 Å². The van der Waals surface area contributed by atoms with Crippen LogP contribution in [-0.4, -0.2) is 34.1 Å². The molecule has 6 nitrogen and oxygen atoms in total. The predicted octanol–water partition coefficient (Wildman–Crippen LogP) is 2.11. The summed E-state index contributed by atoms with van der Waals surface area (Å²) in [7, 11) is 0. The van der Waals surface area contributed by atoms with Crippen molar-refractivity contribution in [2.75, 3.05) is 13.1 Å². The van der Waals surface area contributed by atoms with Crippen molar-refractivity contribution in [1.29, 1.82) is 5.26 Å². The Morgan fingerprint density at radius 2 is 2.00 bits per heavy atom. The maximum Gasteiger partial charge on any atom is 0.141 e. The number of nitrogens with one attached hydrogen (secondary N) is 2. The van der Waals surface area contributed by atoms with Crippen LogP contribution in [0, 0.1) is 11.3 Å². The third-order valence-electron chi connectivity index (χ3n) is 4.01. The van der Waals surface area contributed by atoms with Crippen molar-refractivity contribution >= 4 is 21.9 Å². The van der Waals surface area contributed by atoms with Gasteiger partial charge in [0.2, 0.25) is 0 Å². The number of hydrogen-bond donors (Lipinski definition) is 2. The summed E-state index contributed by atoms with van der Waals surface area (Å²) in [6.45, 7) is 1.98. The van der Waals surface area contributed by atoms with Gasteiger partial charge in [0.05, 0.1) is 17.9 Å². The van der Waals surface area contributed by atoms with Gasteiger partial charge in [-0.2, -0.15) is 5.26 Å².